The van der Waals surface area contributed by atoms with Gasteiger partial charge in [0.05, 0.1) is 42.6 Å². The van der Waals surface area contributed by atoms with Crippen LogP contribution in [0, 0.1) is 0 Å². The van der Waals surface area contributed by atoms with E-state index in [0.717, 1.165) is 33.4 Å². The van der Waals surface area contributed by atoms with Gasteiger partial charge in [-0.1, -0.05) is 97.1 Å². The average Bonchev–Trinajstić information content (AvgIpc) is 3.39. The van der Waals surface area contributed by atoms with Crippen LogP contribution in [-0.4, -0.2) is 63.2 Å². The topological polar surface area (TPSA) is 120 Å². The summed E-state index contributed by atoms with van der Waals surface area (Å²) in [6, 6.07) is 37.0. The maximum Gasteiger partial charge on any atom is 0.261 e. The number of carbonyl (C=O) groups excluding carboxylic acids is 2. The fourth-order valence-electron chi connectivity index (χ4n) is 6.90. The van der Waals surface area contributed by atoms with E-state index in [0.29, 0.717) is 36.2 Å². The summed E-state index contributed by atoms with van der Waals surface area (Å²) >= 11 is 0. The first-order valence-corrected chi connectivity index (χ1v) is 17.1. The van der Waals surface area contributed by atoms with Crippen molar-refractivity contribution in [3.8, 4) is 16.9 Å². The zero-order valence-electron chi connectivity index (χ0n) is 28.3. The number of benzene rings is 5. The molecule has 3 N–H and O–H groups in total. The highest BCUT2D eigenvalue weighted by Crippen LogP contribution is 2.39. The molecule has 4 unspecified atom stereocenters. The van der Waals surface area contributed by atoms with E-state index < -0.39 is 12.4 Å². The van der Waals surface area contributed by atoms with Crippen LogP contribution in [0.1, 0.15) is 73.5 Å². The Hall–Kier alpha value is -5.16. The summed E-state index contributed by atoms with van der Waals surface area (Å²) in [4.78, 5) is 29.5. The van der Waals surface area contributed by atoms with Crippen LogP contribution in [0.2, 0.25) is 0 Å². The van der Waals surface area contributed by atoms with Crippen LogP contribution < -0.4 is 0 Å². The molecular weight excluding hydrogens is 644 g/mol. The maximum atomic E-state index is 13.1. The average molecular weight is 685 g/mol. The maximum absolute atomic E-state index is 13.1. The molecule has 1 saturated heterocycles. The third kappa shape index (κ3) is 7.49. The minimum atomic E-state index is -0.785. The zero-order valence-corrected chi connectivity index (χ0v) is 28.3. The van der Waals surface area contributed by atoms with E-state index in [2.05, 4.69) is 0 Å². The fourth-order valence-corrected chi connectivity index (χ4v) is 6.90. The summed E-state index contributed by atoms with van der Waals surface area (Å²) < 4.78 is 13.1. The number of hydrogen-bond donors (Lipinski definition) is 3. The number of aliphatic hydroxyl groups excluding tert-OH is 2. The van der Waals surface area contributed by atoms with Crippen molar-refractivity contribution in [2.45, 2.75) is 44.2 Å². The molecule has 0 aromatic heterocycles. The zero-order chi connectivity index (χ0) is 35.5. The second kappa shape index (κ2) is 15.0. The second-order valence-electron chi connectivity index (χ2n) is 13.2. The van der Waals surface area contributed by atoms with Crippen LogP contribution in [-0.2, 0) is 22.6 Å². The Balaban J connectivity index is 1.09. The summed E-state index contributed by atoms with van der Waals surface area (Å²) in [5, 5.41) is 30.3. The molecule has 2 aliphatic heterocycles. The molecule has 5 aromatic carbocycles. The van der Waals surface area contributed by atoms with Gasteiger partial charge in [0.2, 0.25) is 0 Å². The first kappa shape index (κ1) is 34.3. The van der Waals surface area contributed by atoms with Crippen LogP contribution in [0.3, 0.4) is 0 Å². The lowest BCUT2D eigenvalue weighted by molar-refractivity contribution is -0.252. The first-order valence-electron chi connectivity index (χ1n) is 17.1. The standard InChI is InChI=1S/C42H40N2O7/c1-43(25-38(47)31-8-6-9-33(46)21-31)24-34-22-39(29-15-13-27(26-45)14-16-29)51-42(50-34)30-19-17-28(18-20-30)35-10-3-2-7-32(35)23-44-40(48)36-11-4-5-12-37(36)41(44)49/h2-21,34,38-39,42,45-47H,22-26H2,1H3. The summed E-state index contributed by atoms with van der Waals surface area (Å²) in [5.41, 5.74) is 6.82. The largest absolute Gasteiger partial charge is 0.508 e. The van der Waals surface area contributed by atoms with Crippen molar-refractivity contribution in [2.24, 2.45) is 0 Å². The number of nitrogens with zero attached hydrogens (tertiary/aromatic N) is 2. The normalized spacial score (nSPS) is 19.4. The molecule has 9 nitrogen and oxygen atoms in total. The van der Waals surface area contributed by atoms with Crippen LogP contribution in [0.25, 0.3) is 11.1 Å². The highest BCUT2D eigenvalue weighted by atomic mass is 16.7. The van der Waals surface area contributed by atoms with Crippen LogP contribution in [0.15, 0.2) is 121 Å². The van der Waals surface area contributed by atoms with Gasteiger partial charge in [0.1, 0.15) is 5.75 Å². The number of fused-ring (bicyclic) bond motifs is 1. The number of aromatic hydroxyl groups is 1. The minimum Gasteiger partial charge on any atom is -0.508 e. The lowest BCUT2D eigenvalue weighted by Crippen LogP contribution is -2.39. The van der Waals surface area contributed by atoms with Gasteiger partial charge in [-0.15, -0.1) is 0 Å². The Labute approximate surface area is 296 Å². The molecule has 7 rings (SSSR count). The van der Waals surface area contributed by atoms with Gasteiger partial charge >= 0.3 is 0 Å². The molecule has 1 fully saturated rings. The Kier molecular flexibility index (Phi) is 10.1. The van der Waals surface area contributed by atoms with Crippen molar-refractivity contribution < 1.29 is 34.4 Å². The Bertz CT molecular complexity index is 1980. The van der Waals surface area contributed by atoms with E-state index in [1.54, 1.807) is 48.5 Å². The summed E-state index contributed by atoms with van der Waals surface area (Å²) in [7, 11) is 1.93. The van der Waals surface area contributed by atoms with Gasteiger partial charge < -0.3 is 29.7 Å². The third-order valence-electron chi connectivity index (χ3n) is 9.59. The van der Waals surface area contributed by atoms with Gasteiger partial charge in [0.15, 0.2) is 6.29 Å². The lowest BCUT2D eigenvalue weighted by atomic mass is 9.97. The molecule has 0 aliphatic carbocycles. The van der Waals surface area contributed by atoms with Crippen LogP contribution >= 0.6 is 0 Å². The minimum absolute atomic E-state index is 0.0414. The molecule has 2 heterocycles. The van der Waals surface area contributed by atoms with Gasteiger partial charge in [-0.05, 0) is 64.7 Å². The molecule has 5 aromatic rings. The van der Waals surface area contributed by atoms with Crippen molar-refractivity contribution >= 4 is 11.8 Å². The number of hydrogen-bond acceptors (Lipinski definition) is 8. The van der Waals surface area contributed by atoms with Crippen molar-refractivity contribution in [3.05, 3.63) is 160 Å². The van der Waals surface area contributed by atoms with Gasteiger partial charge in [-0.3, -0.25) is 14.5 Å². The molecule has 9 heteroatoms. The number of likely N-dealkylation sites (N-methyl/N-ethyl adjacent to an activating group) is 1. The molecule has 260 valence electrons. The van der Waals surface area contributed by atoms with Crippen LogP contribution in [0.5, 0.6) is 5.75 Å². The molecule has 2 amide bonds. The van der Waals surface area contributed by atoms with Crippen LogP contribution in [0.4, 0.5) is 0 Å². The number of amides is 2. The molecule has 51 heavy (non-hydrogen) atoms. The predicted octanol–water partition coefficient (Wildman–Crippen LogP) is 6.56. The molecule has 2 aliphatic rings. The van der Waals surface area contributed by atoms with Crippen molar-refractivity contribution in [1.82, 2.24) is 9.80 Å². The first-order chi connectivity index (χ1) is 24.8. The Morgan fingerprint density at radius 1 is 0.784 bits per heavy atom. The number of carbonyl (C=O) groups is 2. The van der Waals surface area contributed by atoms with E-state index >= 15 is 0 Å². The highest BCUT2D eigenvalue weighted by Gasteiger charge is 2.36. The summed E-state index contributed by atoms with van der Waals surface area (Å²) in [5.74, 6) is -0.471. The van der Waals surface area contributed by atoms with E-state index in [1.165, 1.54) is 4.90 Å². The Morgan fingerprint density at radius 2 is 1.43 bits per heavy atom. The van der Waals surface area contributed by atoms with E-state index in [1.807, 2.05) is 84.7 Å². The highest BCUT2D eigenvalue weighted by molar-refractivity contribution is 6.21. The number of imide groups is 1. The van der Waals surface area contributed by atoms with Crippen molar-refractivity contribution in [2.75, 3.05) is 20.1 Å². The van der Waals surface area contributed by atoms with Gasteiger partial charge in [-0.2, -0.15) is 0 Å². The smallest absolute Gasteiger partial charge is 0.261 e. The van der Waals surface area contributed by atoms with E-state index in [4.69, 9.17) is 9.47 Å². The fraction of sp³-hybridized carbons (Fsp3) is 0.238. The molecule has 0 radical (unpaired) electrons. The number of ether oxygens (including phenoxy) is 2. The van der Waals surface area contributed by atoms with Crippen molar-refractivity contribution in [1.29, 1.82) is 0 Å². The lowest BCUT2D eigenvalue weighted by Gasteiger charge is -2.38. The molecule has 0 bridgehead atoms. The SMILES string of the molecule is CN(CC1CC(c2ccc(CO)cc2)OC(c2ccc(-c3ccccc3CN3C(=O)c4ccccc4C3=O)cc2)O1)CC(O)c1cccc(O)c1. The second-order valence-corrected chi connectivity index (χ2v) is 13.2. The third-order valence-corrected chi connectivity index (χ3v) is 9.59. The number of aliphatic hydroxyl groups is 2. The van der Waals surface area contributed by atoms with Gasteiger partial charge in [0, 0.05) is 25.1 Å². The number of rotatable bonds is 11. The van der Waals surface area contributed by atoms with Gasteiger partial charge in [0.25, 0.3) is 11.8 Å². The Morgan fingerprint density at radius 3 is 2.10 bits per heavy atom. The number of phenolic OH excluding ortho intramolecular Hbond substituents is 1. The molecule has 4 atom stereocenters. The predicted molar refractivity (Wildman–Crippen MR) is 192 cm³/mol. The molecule has 0 saturated carbocycles. The van der Waals surface area contributed by atoms with E-state index in [-0.39, 0.29) is 42.9 Å². The van der Waals surface area contributed by atoms with Gasteiger partial charge in [-0.25, -0.2) is 0 Å². The quantitative estimate of drug-likeness (QED) is 0.134. The van der Waals surface area contributed by atoms with E-state index in [9.17, 15) is 24.9 Å². The summed E-state index contributed by atoms with van der Waals surface area (Å²) in [6.45, 7) is 0.995. The number of phenols is 1. The van der Waals surface area contributed by atoms with Crippen molar-refractivity contribution in [3.63, 3.8) is 0 Å². The molecular formula is C42H40N2O7. The summed E-state index contributed by atoms with van der Waals surface area (Å²) in [6.07, 6.45) is -1.37. The molecule has 0 spiro atoms. The monoisotopic (exact) mass is 684 g/mol.